The number of aryl methyl sites for hydroxylation is 2. The summed E-state index contributed by atoms with van der Waals surface area (Å²) in [6.07, 6.45) is 1.49. The molecule has 0 amide bonds. The summed E-state index contributed by atoms with van der Waals surface area (Å²) in [6, 6.07) is 19.0. The van der Waals surface area contributed by atoms with Gasteiger partial charge in [0.1, 0.15) is 5.58 Å². The number of nitrogens with zero attached hydrogens (tertiary/aromatic N) is 2. The first-order valence-electron chi connectivity index (χ1n) is 11.5. The number of aromatic nitrogens is 2. The fourth-order valence-electron chi connectivity index (χ4n) is 3.22. The molecule has 3 aromatic heterocycles. The summed E-state index contributed by atoms with van der Waals surface area (Å²) in [5.74, 6) is 0. The van der Waals surface area contributed by atoms with Crippen LogP contribution in [0.15, 0.2) is 77.3 Å². The molecule has 3 nitrogen and oxygen atoms in total. The smallest absolute Gasteiger partial charge is 0.227 e. The summed E-state index contributed by atoms with van der Waals surface area (Å²) in [7, 11) is 0. The molecular formula is C24H18N2O. The van der Waals surface area contributed by atoms with E-state index in [-0.39, 0.29) is 11.1 Å². The molecule has 0 N–H and O–H groups in total. The Balaban J connectivity index is 1.61. The van der Waals surface area contributed by atoms with Gasteiger partial charge < -0.3 is 4.42 Å². The standard InChI is InChI=1S/C24H18N2O/c1-15-7-9-17(10-8-15)20-14-25-22(13-16(20)2)21-12-11-19-18-5-3-4-6-23(18)27-24(19)26-21/h3-14H,1-2H3/i1D3,2D3. The lowest BCUT2D eigenvalue weighted by Gasteiger charge is -2.08. The molecule has 0 saturated heterocycles. The summed E-state index contributed by atoms with van der Waals surface area (Å²) in [5.41, 5.74) is 3.38. The van der Waals surface area contributed by atoms with Crippen molar-refractivity contribution in [2.75, 3.05) is 0 Å². The van der Waals surface area contributed by atoms with Gasteiger partial charge in [-0.1, -0.05) is 48.0 Å². The van der Waals surface area contributed by atoms with Crippen LogP contribution in [0.25, 0.3) is 44.6 Å². The van der Waals surface area contributed by atoms with Crippen LogP contribution in [-0.2, 0) is 0 Å². The minimum Gasteiger partial charge on any atom is -0.438 e. The summed E-state index contributed by atoms with van der Waals surface area (Å²) >= 11 is 0. The normalized spacial score (nSPS) is 15.6. The minimum atomic E-state index is -2.40. The molecule has 2 aromatic carbocycles. The van der Waals surface area contributed by atoms with E-state index in [9.17, 15) is 0 Å². The van der Waals surface area contributed by atoms with Gasteiger partial charge in [0, 0.05) is 30.8 Å². The van der Waals surface area contributed by atoms with Crippen LogP contribution in [0.3, 0.4) is 0 Å². The van der Waals surface area contributed by atoms with Gasteiger partial charge >= 0.3 is 0 Å². The van der Waals surface area contributed by atoms with Crippen molar-refractivity contribution in [3.63, 3.8) is 0 Å². The highest BCUT2D eigenvalue weighted by molar-refractivity contribution is 6.03. The van der Waals surface area contributed by atoms with Gasteiger partial charge in [0.2, 0.25) is 5.71 Å². The van der Waals surface area contributed by atoms with E-state index >= 15 is 0 Å². The Hall–Kier alpha value is -3.46. The molecule has 0 aliphatic rings. The lowest BCUT2D eigenvalue weighted by atomic mass is 10.0. The van der Waals surface area contributed by atoms with Crippen LogP contribution in [0.5, 0.6) is 0 Å². The molecule has 5 aromatic rings. The van der Waals surface area contributed by atoms with Crippen molar-refractivity contribution < 1.29 is 12.6 Å². The second kappa shape index (κ2) is 6.06. The number of para-hydroxylation sites is 1. The summed E-state index contributed by atoms with van der Waals surface area (Å²) in [5, 5.41) is 1.83. The zero-order valence-corrected chi connectivity index (χ0v) is 14.2. The molecule has 0 fully saturated rings. The molecular weight excluding hydrogens is 332 g/mol. The highest BCUT2D eigenvalue weighted by Crippen LogP contribution is 2.30. The lowest BCUT2D eigenvalue weighted by molar-refractivity contribution is 0.654. The molecule has 0 bridgehead atoms. The van der Waals surface area contributed by atoms with Crippen LogP contribution < -0.4 is 0 Å². The summed E-state index contributed by atoms with van der Waals surface area (Å²) in [4.78, 5) is 9.04. The Morgan fingerprint density at radius 2 is 1.74 bits per heavy atom. The number of furan rings is 1. The van der Waals surface area contributed by atoms with Crippen molar-refractivity contribution in [1.82, 2.24) is 9.97 Å². The SMILES string of the molecule is [2H]C([2H])([2H])c1ccc(-c2cnc(-c3ccc4c(n3)oc3ccccc34)cc2C([2H])([2H])[2H])cc1. The molecule has 0 atom stereocenters. The number of benzene rings is 2. The van der Waals surface area contributed by atoms with Crippen molar-refractivity contribution in [3.8, 4) is 22.5 Å². The maximum atomic E-state index is 8.04. The van der Waals surface area contributed by atoms with Gasteiger partial charge in [0.15, 0.2) is 0 Å². The molecule has 0 unspecified atom stereocenters. The van der Waals surface area contributed by atoms with E-state index in [2.05, 4.69) is 9.97 Å². The molecule has 0 aliphatic heterocycles. The number of hydrogen-bond donors (Lipinski definition) is 0. The number of pyridine rings is 2. The van der Waals surface area contributed by atoms with Crippen molar-refractivity contribution in [3.05, 3.63) is 84.1 Å². The van der Waals surface area contributed by atoms with E-state index in [0.717, 1.165) is 16.4 Å². The summed E-state index contributed by atoms with van der Waals surface area (Å²) < 4.78 is 52.5. The molecule has 0 spiro atoms. The molecule has 0 aliphatic carbocycles. The Labute approximate surface area is 165 Å². The van der Waals surface area contributed by atoms with Gasteiger partial charge in [-0.2, -0.15) is 0 Å². The predicted molar refractivity (Wildman–Crippen MR) is 110 cm³/mol. The van der Waals surface area contributed by atoms with Crippen LogP contribution in [0.2, 0.25) is 0 Å². The third kappa shape index (κ3) is 2.68. The monoisotopic (exact) mass is 356 g/mol. The zero-order valence-electron chi connectivity index (χ0n) is 20.2. The van der Waals surface area contributed by atoms with E-state index < -0.39 is 13.7 Å². The van der Waals surface area contributed by atoms with Gasteiger partial charge in [-0.25, -0.2) is 4.98 Å². The Morgan fingerprint density at radius 1 is 0.852 bits per heavy atom. The number of fused-ring (bicyclic) bond motifs is 3. The molecule has 27 heavy (non-hydrogen) atoms. The molecule has 5 rings (SSSR count). The topological polar surface area (TPSA) is 38.9 Å². The second-order valence-corrected chi connectivity index (χ2v) is 6.34. The first kappa shape index (κ1) is 10.6. The fraction of sp³-hybridized carbons (Fsp3) is 0.0833. The van der Waals surface area contributed by atoms with Crippen molar-refractivity contribution >= 4 is 22.1 Å². The number of rotatable bonds is 2. The van der Waals surface area contributed by atoms with Crippen LogP contribution in [0.4, 0.5) is 0 Å². The quantitative estimate of drug-likeness (QED) is 0.371. The van der Waals surface area contributed by atoms with E-state index in [4.69, 9.17) is 12.6 Å². The molecule has 3 heterocycles. The van der Waals surface area contributed by atoms with Crippen molar-refractivity contribution in [1.29, 1.82) is 0 Å². The molecule has 130 valence electrons. The Kier molecular flexibility index (Phi) is 2.39. The van der Waals surface area contributed by atoms with Gasteiger partial charge in [-0.15, -0.1) is 0 Å². The van der Waals surface area contributed by atoms with Gasteiger partial charge in [-0.05, 0) is 49.1 Å². The van der Waals surface area contributed by atoms with E-state index in [0.29, 0.717) is 28.2 Å². The maximum Gasteiger partial charge on any atom is 0.227 e. The Bertz CT molecular complexity index is 1480. The largest absolute Gasteiger partial charge is 0.438 e. The lowest BCUT2D eigenvalue weighted by Crippen LogP contribution is -1.91. The summed E-state index contributed by atoms with van der Waals surface area (Å²) in [6.45, 7) is -4.63. The second-order valence-electron chi connectivity index (χ2n) is 6.34. The third-order valence-electron chi connectivity index (χ3n) is 4.61. The van der Waals surface area contributed by atoms with E-state index in [1.807, 2.05) is 30.3 Å². The van der Waals surface area contributed by atoms with Crippen LogP contribution in [-0.4, -0.2) is 9.97 Å². The first-order valence-corrected chi connectivity index (χ1v) is 8.51. The number of hydrogen-bond acceptors (Lipinski definition) is 3. The average Bonchev–Trinajstić information content (AvgIpc) is 3.15. The van der Waals surface area contributed by atoms with Crippen molar-refractivity contribution in [2.24, 2.45) is 0 Å². The van der Waals surface area contributed by atoms with E-state index in [1.165, 1.54) is 24.4 Å². The Morgan fingerprint density at radius 3 is 2.59 bits per heavy atom. The van der Waals surface area contributed by atoms with Crippen LogP contribution >= 0.6 is 0 Å². The third-order valence-corrected chi connectivity index (χ3v) is 4.61. The van der Waals surface area contributed by atoms with Crippen molar-refractivity contribution in [2.45, 2.75) is 13.7 Å². The fourth-order valence-corrected chi connectivity index (χ4v) is 3.22. The maximum absolute atomic E-state index is 8.04. The zero-order chi connectivity index (χ0) is 23.4. The van der Waals surface area contributed by atoms with Gasteiger partial charge in [0.05, 0.1) is 11.4 Å². The predicted octanol–water partition coefficient (Wildman–Crippen LogP) is 6.33. The average molecular weight is 356 g/mol. The van der Waals surface area contributed by atoms with Gasteiger partial charge in [0.25, 0.3) is 0 Å². The highest BCUT2D eigenvalue weighted by Gasteiger charge is 2.11. The first-order chi connectivity index (χ1) is 15.6. The van der Waals surface area contributed by atoms with Crippen LogP contribution in [0.1, 0.15) is 19.4 Å². The molecule has 3 heteroatoms. The molecule has 0 saturated carbocycles. The minimum absolute atomic E-state index is 0.112. The highest BCUT2D eigenvalue weighted by atomic mass is 16.3. The van der Waals surface area contributed by atoms with Crippen LogP contribution in [0, 0.1) is 13.7 Å². The van der Waals surface area contributed by atoms with Gasteiger partial charge in [-0.3, -0.25) is 4.98 Å². The molecule has 0 radical (unpaired) electrons. The van der Waals surface area contributed by atoms with E-state index in [1.54, 1.807) is 18.2 Å².